The summed E-state index contributed by atoms with van der Waals surface area (Å²) in [4.78, 5) is 0. The molecule has 3 nitrogen and oxygen atoms in total. The molecule has 1 unspecified atom stereocenters. The predicted molar refractivity (Wildman–Crippen MR) is 86.4 cm³/mol. The Kier molecular flexibility index (Phi) is 2.58. The van der Waals surface area contributed by atoms with Crippen LogP contribution in [0.25, 0.3) is 10.9 Å². The molecule has 2 aromatic carbocycles. The van der Waals surface area contributed by atoms with Crippen molar-refractivity contribution in [3.8, 4) is 0 Å². The Morgan fingerprint density at radius 2 is 2.05 bits per heavy atom. The highest BCUT2D eigenvalue weighted by Crippen LogP contribution is 2.46. The second-order valence-electron chi connectivity index (χ2n) is 6.61. The van der Waals surface area contributed by atoms with Gasteiger partial charge in [0.25, 0.3) is 0 Å². The van der Waals surface area contributed by atoms with E-state index in [1.165, 1.54) is 11.1 Å². The Labute approximate surface area is 124 Å². The lowest BCUT2D eigenvalue weighted by Crippen LogP contribution is -2.24. The van der Waals surface area contributed by atoms with Crippen molar-refractivity contribution in [3.63, 3.8) is 0 Å². The van der Waals surface area contributed by atoms with Gasteiger partial charge in [-0.3, -0.25) is 5.10 Å². The zero-order chi connectivity index (χ0) is 14.4. The fourth-order valence-electron chi connectivity index (χ4n) is 3.46. The molecule has 0 saturated heterocycles. The van der Waals surface area contributed by atoms with E-state index in [1.807, 2.05) is 6.20 Å². The molecular weight excluding hydrogens is 258 g/mol. The first-order valence-corrected chi connectivity index (χ1v) is 7.41. The number of nitrogens with one attached hydrogen (secondary N) is 2. The number of hydrogen-bond donors (Lipinski definition) is 2. The molecule has 106 valence electrons. The van der Waals surface area contributed by atoms with E-state index in [-0.39, 0.29) is 5.41 Å². The molecule has 0 aliphatic heterocycles. The van der Waals surface area contributed by atoms with Gasteiger partial charge in [-0.05, 0) is 41.2 Å². The van der Waals surface area contributed by atoms with Crippen LogP contribution in [0.5, 0.6) is 0 Å². The van der Waals surface area contributed by atoms with Crippen LogP contribution < -0.4 is 5.32 Å². The fourth-order valence-corrected chi connectivity index (χ4v) is 3.46. The number of benzene rings is 2. The molecule has 4 rings (SSSR count). The Bertz CT molecular complexity index is 801. The molecule has 3 aromatic rings. The third-order valence-corrected chi connectivity index (χ3v) is 4.54. The van der Waals surface area contributed by atoms with Crippen molar-refractivity contribution in [1.82, 2.24) is 10.2 Å². The summed E-state index contributed by atoms with van der Waals surface area (Å²) >= 11 is 0. The van der Waals surface area contributed by atoms with Gasteiger partial charge in [-0.25, -0.2) is 0 Å². The minimum Gasteiger partial charge on any atom is -0.378 e. The molecule has 0 saturated carbocycles. The summed E-state index contributed by atoms with van der Waals surface area (Å²) in [5, 5.41) is 12.0. The van der Waals surface area contributed by atoms with Crippen molar-refractivity contribution in [2.75, 3.05) is 5.32 Å². The molecule has 1 aliphatic rings. The van der Waals surface area contributed by atoms with Crippen LogP contribution >= 0.6 is 0 Å². The molecule has 21 heavy (non-hydrogen) atoms. The highest BCUT2D eigenvalue weighted by molar-refractivity contribution is 5.81. The van der Waals surface area contributed by atoms with Gasteiger partial charge in [0.15, 0.2) is 0 Å². The third kappa shape index (κ3) is 2.00. The first-order valence-electron chi connectivity index (χ1n) is 7.41. The van der Waals surface area contributed by atoms with Crippen LogP contribution in [0, 0.1) is 5.41 Å². The molecule has 1 heterocycles. The lowest BCUT2D eigenvalue weighted by molar-refractivity contribution is 0.337. The van der Waals surface area contributed by atoms with Gasteiger partial charge in [-0.1, -0.05) is 38.1 Å². The minimum atomic E-state index is 0.217. The lowest BCUT2D eigenvalue weighted by Gasteiger charge is -2.29. The zero-order valence-electron chi connectivity index (χ0n) is 12.4. The van der Waals surface area contributed by atoms with Gasteiger partial charge in [-0.2, -0.15) is 5.10 Å². The second-order valence-corrected chi connectivity index (χ2v) is 6.61. The number of anilines is 1. The van der Waals surface area contributed by atoms with Crippen molar-refractivity contribution >= 4 is 16.6 Å². The Balaban J connectivity index is 1.72. The molecule has 0 spiro atoms. The second kappa shape index (κ2) is 4.35. The topological polar surface area (TPSA) is 40.7 Å². The van der Waals surface area contributed by atoms with Crippen molar-refractivity contribution < 1.29 is 0 Å². The molecule has 0 bridgehead atoms. The van der Waals surface area contributed by atoms with E-state index < -0.39 is 0 Å². The third-order valence-electron chi connectivity index (χ3n) is 4.54. The molecule has 2 N–H and O–H groups in total. The number of fused-ring (bicyclic) bond motifs is 2. The van der Waals surface area contributed by atoms with E-state index in [0.717, 1.165) is 23.0 Å². The van der Waals surface area contributed by atoms with Crippen molar-refractivity contribution in [2.45, 2.75) is 26.3 Å². The summed E-state index contributed by atoms with van der Waals surface area (Å²) in [6, 6.07) is 15.5. The average molecular weight is 277 g/mol. The van der Waals surface area contributed by atoms with E-state index >= 15 is 0 Å². The van der Waals surface area contributed by atoms with Crippen LogP contribution in [0.4, 0.5) is 5.69 Å². The van der Waals surface area contributed by atoms with Crippen molar-refractivity contribution in [1.29, 1.82) is 0 Å². The van der Waals surface area contributed by atoms with E-state index in [1.54, 1.807) is 0 Å². The Morgan fingerprint density at radius 1 is 1.19 bits per heavy atom. The first kappa shape index (κ1) is 12.5. The van der Waals surface area contributed by atoms with Gasteiger partial charge in [0.05, 0.1) is 17.8 Å². The summed E-state index contributed by atoms with van der Waals surface area (Å²) in [7, 11) is 0. The van der Waals surface area contributed by atoms with Crippen molar-refractivity contribution in [3.05, 3.63) is 59.8 Å². The number of aromatic amines is 1. The molecule has 0 radical (unpaired) electrons. The van der Waals surface area contributed by atoms with Gasteiger partial charge < -0.3 is 5.32 Å². The number of hydrogen-bond acceptors (Lipinski definition) is 2. The van der Waals surface area contributed by atoms with Gasteiger partial charge in [0, 0.05) is 11.1 Å². The lowest BCUT2D eigenvalue weighted by atomic mass is 9.85. The predicted octanol–water partition coefficient (Wildman–Crippen LogP) is 4.30. The molecule has 1 atom stereocenters. The molecule has 0 amide bonds. The van der Waals surface area contributed by atoms with E-state index in [2.05, 4.69) is 71.8 Å². The van der Waals surface area contributed by atoms with Gasteiger partial charge in [0.2, 0.25) is 0 Å². The van der Waals surface area contributed by atoms with Crippen LogP contribution in [-0.2, 0) is 6.42 Å². The number of aromatic nitrogens is 2. The standard InChI is InChI=1S/C18H19N3/c1-18(2)10-12-5-3-4-6-15(12)17(18)20-14-7-8-16-13(9-14)11-19-21-16/h3-9,11,17,20H,10H2,1-2H3,(H,19,21). The zero-order valence-corrected chi connectivity index (χ0v) is 12.4. The summed E-state index contributed by atoms with van der Waals surface area (Å²) in [5.74, 6) is 0. The summed E-state index contributed by atoms with van der Waals surface area (Å²) in [6.45, 7) is 4.67. The van der Waals surface area contributed by atoms with Gasteiger partial charge in [-0.15, -0.1) is 0 Å². The van der Waals surface area contributed by atoms with Crippen LogP contribution in [0.15, 0.2) is 48.7 Å². The highest BCUT2D eigenvalue weighted by atomic mass is 15.1. The smallest absolute Gasteiger partial charge is 0.0651 e. The molecule has 3 heteroatoms. The maximum absolute atomic E-state index is 4.09. The van der Waals surface area contributed by atoms with E-state index in [4.69, 9.17) is 0 Å². The number of H-pyrrole nitrogens is 1. The van der Waals surface area contributed by atoms with Crippen LogP contribution in [0.1, 0.15) is 31.0 Å². The summed E-state index contributed by atoms with van der Waals surface area (Å²) in [5.41, 5.74) is 5.33. The number of rotatable bonds is 2. The SMILES string of the molecule is CC1(C)Cc2ccccc2C1Nc1ccc2[nH]ncc2c1. The van der Waals surface area contributed by atoms with Gasteiger partial charge in [0.1, 0.15) is 0 Å². The van der Waals surface area contributed by atoms with Crippen LogP contribution in [0.3, 0.4) is 0 Å². The van der Waals surface area contributed by atoms with E-state index in [9.17, 15) is 0 Å². The van der Waals surface area contributed by atoms with E-state index in [0.29, 0.717) is 6.04 Å². The maximum atomic E-state index is 4.09. The molecule has 1 aliphatic carbocycles. The highest BCUT2D eigenvalue weighted by Gasteiger charge is 2.38. The summed E-state index contributed by atoms with van der Waals surface area (Å²) in [6.07, 6.45) is 2.99. The largest absolute Gasteiger partial charge is 0.378 e. The first-order chi connectivity index (χ1) is 10.1. The molecule has 0 fully saturated rings. The summed E-state index contributed by atoms with van der Waals surface area (Å²) < 4.78 is 0. The van der Waals surface area contributed by atoms with Gasteiger partial charge >= 0.3 is 0 Å². The maximum Gasteiger partial charge on any atom is 0.0651 e. The van der Waals surface area contributed by atoms with Crippen molar-refractivity contribution in [2.24, 2.45) is 5.41 Å². The normalized spacial score (nSPS) is 19.6. The quantitative estimate of drug-likeness (QED) is 0.733. The monoisotopic (exact) mass is 277 g/mol. The van der Waals surface area contributed by atoms with Crippen LogP contribution in [-0.4, -0.2) is 10.2 Å². The Morgan fingerprint density at radius 3 is 2.95 bits per heavy atom. The fraction of sp³-hybridized carbons (Fsp3) is 0.278. The Hall–Kier alpha value is -2.29. The van der Waals surface area contributed by atoms with Crippen LogP contribution in [0.2, 0.25) is 0 Å². The average Bonchev–Trinajstić information content (AvgIpc) is 3.01. The minimum absolute atomic E-state index is 0.217. The number of nitrogens with zero attached hydrogens (tertiary/aromatic N) is 1. The molecular formula is C18H19N3. The molecule has 1 aromatic heterocycles.